The maximum atomic E-state index is 5.61. The van der Waals surface area contributed by atoms with Crippen LogP contribution in [0.25, 0.3) is 0 Å². The molecule has 0 amide bonds. The predicted octanol–water partition coefficient (Wildman–Crippen LogP) is -0.573. The molecule has 0 atom stereocenters. The molecule has 8 heteroatoms. The Balaban J connectivity index is 2.00. The number of rotatable bonds is 4. The largest absolute Gasteiger partial charge is 0.464 e. The van der Waals surface area contributed by atoms with Gasteiger partial charge in [0.1, 0.15) is 0 Å². The summed E-state index contributed by atoms with van der Waals surface area (Å²) in [5, 5.41) is 2.06. The van der Waals surface area contributed by atoms with Crippen molar-refractivity contribution < 1.29 is 4.74 Å². The van der Waals surface area contributed by atoms with E-state index in [2.05, 4.69) is 37.3 Å². The number of hydrogen-bond acceptors (Lipinski definition) is 8. The van der Waals surface area contributed by atoms with Crippen LogP contribution in [-0.2, 0) is 0 Å². The second-order valence-corrected chi connectivity index (χ2v) is 4.13. The van der Waals surface area contributed by atoms with Gasteiger partial charge in [-0.1, -0.05) is 0 Å². The second kappa shape index (κ2) is 5.78. The van der Waals surface area contributed by atoms with Gasteiger partial charge in [0, 0.05) is 26.2 Å². The number of ether oxygens (including phenoxy) is 1. The molecule has 1 saturated heterocycles. The summed E-state index contributed by atoms with van der Waals surface area (Å²) in [5.74, 6) is 0.584. The molecular formula is C10H19N7O. The lowest BCUT2D eigenvalue weighted by Crippen LogP contribution is -2.47. The molecule has 18 heavy (non-hydrogen) atoms. The number of anilines is 2. The Morgan fingerprint density at radius 2 is 1.94 bits per heavy atom. The highest BCUT2D eigenvalue weighted by Crippen LogP contribution is 2.10. The molecule has 0 radical (unpaired) electrons. The van der Waals surface area contributed by atoms with E-state index in [1.54, 1.807) is 0 Å². The van der Waals surface area contributed by atoms with Crippen LogP contribution in [0.5, 0.6) is 6.01 Å². The molecule has 0 spiro atoms. The van der Waals surface area contributed by atoms with Crippen LogP contribution < -0.4 is 15.9 Å². The van der Waals surface area contributed by atoms with Gasteiger partial charge in [0.25, 0.3) is 0 Å². The zero-order valence-electron chi connectivity index (χ0n) is 10.8. The quantitative estimate of drug-likeness (QED) is 0.737. The topological polar surface area (TPSA) is 92.4 Å². The SMILES string of the molecule is CCOc1nc(N)nc(NN2CCN(C)CC2)n1. The third-order valence-corrected chi connectivity index (χ3v) is 2.67. The first-order valence-corrected chi connectivity index (χ1v) is 6.02. The molecular weight excluding hydrogens is 234 g/mol. The standard InChI is InChI=1S/C10H19N7O/c1-3-18-10-13-8(11)12-9(14-10)15-17-6-4-16(2)5-7-17/h3-7H2,1-2H3,(H3,11,12,13,14,15). The van der Waals surface area contributed by atoms with E-state index in [0.29, 0.717) is 12.6 Å². The molecule has 2 heterocycles. The summed E-state index contributed by atoms with van der Waals surface area (Å²) in [6.07, 6.45) is 0. The number of nitrogens with two attached hydrogens (primary N) is 1. The summed E-state index contributed by atoms with van der Waals surface area (Å²) in [5.41, 5.74) is 8.73. The normalized spacial score (nSPS) is 17.7. The van der Waals surface area contributed by atoms with Crippen LogP contribution in [0.3, 0.4) is 0 Å². The molecule has 1 aliphatic heterocycles. The Bertz CT molecular complexity index is 392. The molecule has 0 bridgehead atoms. The van der Waals surface area contributed by atoms with Crippen LogP contribution in [0.15, 0.2) is 0 Å². The highest BCUT2D eigenvalue weighted by molar-refractivity contribution is 5.31. The average Bonchev–Trinajstić information content (AvgIpc) is 2.32. The first-order valence-electron chi connectivity index (χ1n) is 6.02. The van der Waals surface area contributed by atoms with Gasteiger partial charge >= 0.3 is 6.01 Å². The van der Waals surface area contributed by atoms with Crippen LogP contribution in [0.4, 0.5) is 11.9 Å². The third-order valence-electron chi connectivity index (χ3n) is 2.67. The van der Waals surface area contributed by atoms with Gasteiger partial charge in [-0.05, 0) is 14.0 Å². The maximum absolute atomic E-state index is 5.61. The van der Waals surface area contributed by atoms with E-state index in [4.69, 9.17) is 10.5 Å². The molecule has 3 N–H and O–H groups in total. The molecule has 0 aliphatic carbocycles. The molecule has 2 rings (SSSR count). The number of nitrogens with zero attached hydrogens (tertiary/aromatic N) is 5. The fourth-order valence-corrected chi connectivity index (χ4v) is 1.68. The number of hydrazine groups is 1. The summed E-state index contributed by atoms with van der Waals surface area (Å²) < 4.78 is 5.22. The number of piperazine rings is 1. The van der Waals surface area contributed by atoms with Crippen molar-refractivity contribution in [2.24, 2.45) is 0 Å². The highest BCUT2D eigenvalue weighted by atomic mass is 16.5. The number of nitrogens with one attached hydrogen (secondary N) is 1. The first kappa shape index (κ1) is 12.8. The lowest BCUT2D eigenvalue weighted by molar-refractivity contribution is 0.177. The van der Waals surface area contributed by atoms with E-state index >= 15 is 0 Å². The number of likely N-dealkylation sites (N-methyl/N-ethyl adjacent to an activating group) is 1. The first-order chi connectivity index (χ1) is 8.67. The Kier molecular flexibility index (Phi) is 4.11. The summed E-state index contributed by atoms with van der Waals surface area (Å²) in [4.78, 5) is 14.3. The number of aromatic nitrogens is 3. The molecule has 1 aromatic heterocycles. The van der Waals surface area contributed by atoms with Gasteiger partial charge < -0.3 is 15.4 Å². The molecule has 8 nitrogen and oxygen atoms in total. The predicted molar refractivity (Wildman–Crippen MR) is 68.1 cm³/mol. The van der Waals surface area contributed by atoms with Gasteiger partial charge in [0.15, 0.2) is 0 Å². The van der Waals surface area contributed by atoms with Crippen LogP contribution in [0.2, 0.25) is 0 Å². The van der Waals surface area contributed by atoms with Gasteiger partial charge in [0.2, 0.25) is 11.9 Å². The minimum Gasteiger partial charge on any atom is -0.464 e. The van der Waals surface area contributed by atoms with Crippen LogP contribution in [-0.4, -0.2) is 64.7 Å². The van der Waals surface area contributed by atoms with Crippen molar-refractivity contribution in [2.45, 2.75) is 6.92 Å². The van der Waals surface area contributed by atoms with Crippen molar-refractivity contribution in [3.8, 4) is 6.01 Å². The van der Waals surface area contributed by atoms with Crippen molar-refractivity contribution >= 4 is 11.9 Å². The van der Waals surface area contributed by atoms with E-state index in [0.717, 1.165) is 26.2 Å². The van der Waals surface area contributed by atoms with Gasteiger partial charge in [-0.2, -0.15) is 15.0 Å². The monoisotopic (exact) mass is 253 g/mol. The Hall–Kier alpha value is -1.67. The highest BCUT2D eigenvalue weighted by Gasteiger charge is 2.15. The zero-order chi connectivity index (χ0) is 13.0. The van der Waals surface area contributed by atoms with Crippen LogP contribution in [0, 0.1) is 0 Å². The molecule has 100 valence electrons. The molecule has 1 aliphatic rings. The van der Waals surface area contributed by atoms with Crippen molar-refractivity contribution in [2.75, 3.05) is 51.0 Å². The van der Waals surface area contributed by atoms with Crippen molar-refractivity contribution in [1.29, 1.82) is 0 Å². The Morgan fingerprint density at radius 3 is 2.61 bits per heavy atom. The van der Waals surface area contributed by atoms with Crippen molar-refractivity contribution in [3.63, 3.8) is 0 Å². The summed E-state index contributed by atoms with van der Waals surface area (Å²) >= 11 is 0. The molecule has 0 aromatic carbocycles. The average molecular weight is 253 g/mol. The van der Waals surface area contributed by atoms with E-state index in [1.807, 2.05) is 6.92 Å². The second-order valence-electron chi connectivity index (χ2n) is 4.13. The zero-order valence-corrected chi connectivity index (χ0v) is 10.8. The smallest absolute Gasteiger partial charge is 0.323 e. The van der Waals surface area contributed by atoms with Gasteiger partial charge in [-0.25, -0.2) is 5.01 Å². The van der Waals surface area contributed by atoms with Gasteiger partial charge in [-0.15, -0.1) is 0 Å². The number of hydrogen-bond donors (Lipinski definition) is 2. The summed E-state index contributed by atoms with van der Waals surface area (Å²) in [6.45, 7) is 6.20. The van der Waals surface area contributed by atoms with Crippen LogP contribution in [0.1, 0.15) is 6.92 Å². The van der Waals surface area contributed by atoms with E-state index in [-0.39, 0.29) is 12.0 Å². The minimum atomic E-state index is 0.157. The minimum absolute atomic E-state index is 0.157. The maximum Gasteiger partial charge on any atom is 0.323 e. The van der Waals surface area contributed by atoms with E-state index < -0.39 is 0 Å². The lowest BCUT2D eigenvalue weighted by atomic mass is 10.4. The fourth-order valence-electron chi connectivity index (χ4n) is 1.68. The number of nitrogen functional groups attached to an aromatic ring is 1. The van der Waals surface area contributed by atoms with Gasteiger partial charge in [-0.3, -0.25) is 5.43 Å². The molecule has 1 fully saturated rings. The van der Waals surface area contributed by atoms with E-state index in [1.165, 1.54) is 0 Å². The van der Waals surface area contributed by atoms with Crippen LogP contribution >= 0.6 is 0 Å². The Morgan fingerprint density at radius 1 is 1.22 bits per heavy atom. The fraction of sp³-hybridized carbons (Fsp3) is 0.700. The lowest BCUT2D eigenvalue weighted by Gasteiger charge is -2.32. The van der Waals surface area contributed by atoms with Gasteiger partial charge in [0.05, 0.1) is 6.61 Å². The summed E-state index contributed by atoms with van der Waals surface area (Å²) in [6, 6.07) is 0.252. The summed E-state index contributed by atoms with van der Waals surface area (Å²) in [7, 11) is 2.10. The van der Waals surface area contributed by atoms with Crippen molar-refractivity contribution in [1.82, 2.24) is 24.9 Å². The third kappa shape index (κ3) is 3.41. The van der Waals surface area contributed by atoms with Crippen molar-refractivity contribution in [3.05, 3.63) is 0 Å². The molecule has 0 saturated carbocycles. The molecule has 1 aromatic rings. The molecule has 0 unspecified atom stereocenters. The van der Waals surface area contributed by atoms with E-state index in [9.17, 15) is 0 Å². The Labute approximate surface area is 106 Å².